The third-order valence-electron chi connectivity index (χ3n) is 3.50. The van der Waals surface area contributed by atoms with Crippen molar-refractivity contribution in [3.63, 3.8) is 0 Å². The van der Waals surface area contributed by atoms with Crippen molar-refractivity contribution in [1.29, 1.82) is 0 Å². The average molecular weight is 346 g/mol. The van der Waals surface area contributed by atoms with Crippen LogP contribution in [0.3, 0.4) is 0 Å². The lowest BCUT2D eigenvalue weighted by Crippen LogP contribution is -2.55. The summed E-state index contributed by atoms with van der Waals surface area (Å²) in [5.41, 5.74) is -1.46. The van der Waals surface area contributed by atoms with Crippen LogP contribution in [-0.4, -0.2) is 52.2 Å². The van der Waals surface area contributed by atoms with Crippen molar-refractivity contribution in [3.05, 3.63) is 18.0 Å². The molecule has 134 valence electrons. The van der Waals surface area contributed by atoms with E-state index in [1.165, 1.54) is 0 Å². The maximum atomic E-state index is 12.6. The largest absolute Gasteiger partial charge is 0.444 e. The zero-order chi connectivity index (χ0) is 18.1. The molecule has 0 bridgehead atoms. The third-order valence-corrected chi connectivity index (χ3v) is 3.50. The number of nitrogens with zero attached hydrogens (tertiary/aromatic N) is 4. The molecular weight excluding hydrogens is 325 g/mol. The summed E-state index contributed by atoms with van der Waals surface area (Å²) in [6.45, 7) is 8.44. The second-order valence-electron chi connectivity index (χ2n) is 6.74. The van der Waals surface area contributed by atoms with Crippen LogP contribution < -0.4 is 4.90 Å². The van der Waals surface area contributed by atoms with Crippen LogP contribution in [0.1, 0.15) is 33.3 Å². The lowest BCUT2D eigenvalue weighted by molar-refractivity contribution is -0.138. The Bertz CT molecular complexity index is 584. The van der Waals surface area contributed by atoms with Crippen molar-refractivity contribution in [2.75, 3.05) is 24.5 Å². The summed E-state index contributed by atoms with van der Waals surface area (Å²) >= 11 is 0. The van der Waals surface area contributed by atoms with Gasteiger partial charge < -0.3 is 14.5 Å². The molecule has 24 heavy (non-hydrogen) atoms. The summed E-state index contributed by atoms with van der Waals surface area (Å²) in [4.78, 5) is 23.1. The maximum Gasteiger partial charge on any atom is 0.419 e. The van der Waals surface area contributed by atoms with Crippen molar-refractivity contribution >= 4 is 12.0 Å². The molecule has 0 radical (unpaired) electrons. The molecule has 1 atom stereocenters. The summed E-state index contributed by atoms with van der Waals surface area (Å²) < 4.78 is 43.0. The normalized spacial score (nSPS) is 19.4. The van der Waals surface area contributed by atoms with E-state index in [1.807, 2.05) is 6.92 Å². The fraction of sp³-hybridized carbons (Fsp3) is 0.667. The van der Waals surface area contributed by atoms with E-state index in [-0.39, 0.29) is 12.0 Å². The van der Waals surface area contributed by atoms with Gasteiger partial charge in [-0.2, -0.15) is 13.2 Å². The van der Waals surface area contributed by atoms with Crippen molar-refractivity contribution in [3.8, 4) is 0 Å². The van der Waals surface area contributed by atoms with Crippen LogP contribution in [-0.2, 0) is 10.9 Å². The predicted molar refractivity (Wildman–Crippen MR) is 81.6 cm³/mol. The fourth-order valence-corrected chi connectivity index (χ4v) is 2.36. The van der Waals surface area contributed by atoms with E-state index in [1.54, 1.807) is 30.6 Å². The van der Waals surface area contributed by atoms with E-state index in [9.17, 15) is 18.0 Å². The van der Waals surface area contributed by atoms with Gasteiger partial charge in [0.15, 0.2) is 0 Å². The Kier molecular flexibility index (Phi) is 4.91. The highest BCUT2D eigenvalue weighted by Gasteiger charge is 2.33. The number of carbonyl (C=O) groups is 1. The van der Waals surface area contributed by atoms with Crippen LogP contribution in [0.5, 0.6) is 0 Å². The van der Waals surface area contributed by atoms with Crippen LogP contribution >= 0.6 is 0 Å². The molecule has 1 amide bonds. The molecule has 0 N–H and O–H groups in total. The third kappa shape index (κ3) is 4.48. The van der Waals surface area contributed by atoms with E-state index in [2.05, 4.69) is 9.97 Å². The second kappa shape index (κ2) is 6.45. The van der Waals surface area contributed by atoms with Gasteiger partial charge in [-0.3, -0.25) is 0 Å². The van der Waals surface area contributed by atoms with Gasteiger partial charge in [-0.1, -0.05) is 0 Å². The number of halogens is 3. The van der Waals surface area contributed by atoms with Crippen LogP contribution in [0, 0.1) is 0 Å². The number of anilines is 1. The molecule has 9 heteroatoms. The van der Waals surface area contributed by atoms with Gasteiger partial charge >= 0.3 is 12.3 Å². The van der Waals surface area contributed by atoms with Gasteiger partial charge in [0.1, 0.15) is 5.60 Å². The Morgan fingerprint density at radius 2 is 1.79 bits per heavy atom. The molecule has 1 aliphatic rings. The van der Waals surface area contributed by atoms with Crippen LogP contribution in [0.4, 0.5) is 23.9 Å². The first-order chi connectivity index (χ1) is 11.0. The number of carbonyl (C=O) groups excluding carboxylic acids is 1. The highest BCUT2D eigenvalue weighted by Crippen LogP contribution is 2.28. The zero-order valence-corrected chi connectivity index (χ0v) is 14.1. The number of aromatic nitrogens is 2. The molecule has 1 aliphatic heterocycles. The number of ether oxygens (including phenoxy) is 1. The summed E-state index contributed by atoms with van der Waals surface area (Å²) in [7, 11) is 0. The summed E-state index contributed by atoms with van der Waals surface area (Å²) in [5, 5.41) is 0. The van der Waals surface area contributed by atoms with Gasteiger partial charge in [-0.25, -0.2) is 14.8 Å². The van der Waals surface area contributed by atoms with Crippen molar-refractivity contribution in [2.45, 2.75) is 45.5 Å². The lowest BCUT2D eigenvalue weighted by Gasteiger charge is -2.40. The molecule has 0 unspecified atom stereocenters. The van der Waals surface area contributed by atoms with Crippen LogP contribution in [0.25, 0.3) is 0 Å². The Morgan fingerprint density at radius 1 is 1.21 bits per heavy atom. The van der Waals surface area contributed by atoms with Crippen molar-refractivity contribution in [2.24, 2.45) is 0 Å². The van der Waals surface area contributed by atoms with E-state index in [0.717, 1.165) is 12.4 Å². The molecular formula is C15H21F3N4O2. The molecule has 2 rings (SSSR count). The van der Waals surface area contributed by atoms with Gasteiger partial charge in [0.05, 0.1) is 5.56 Å². The highest BCUT2D eigenvalue weighted by molar-refractivity contribution is 5.68. The topological polar surface area (TPSA) is 58.6 Å². The fourth-order valence-electron chi connectivity index (χ4n) is 2.36. The molecule has 0 aliphatic carbocycles. The smallest absolute Gasteiger partial charge is 0.419 e. The predicted octanol–water partition coefficient (Wildman–Crippen LogP) is 2.94. The van der Waals surface area contributed by atoms with Gasteiger partial charge in [0.25, 0.3) is 0 Å². The number of hydrogen-bond donors (Lipinski definition) is 0. The van der Waals surface area contributed by atoms with Crippen LogP contribution in [0.2, 0.25) is 0 Å². The van der Waals surface area contributed by atoms with Crippen LogP contribution in [0.15, 0.2) is 12.4 Å². The van der Waals surface area contributed by atoms with Gasteiger partial charge in [-0.15, -0.1) is 0 Å². The molecule has 1 aromatic rings. The number of rotatable bonds is 1. The maximum absolute atomic E-state index is 12.6. The molecule has 2 heterocycles. The summed E-state index contributed by atoms with van der Waals surface area (Å²) in [5.74, 6) is 0.222. The molecule has 6 nitrogen and oxygen atoms in total. The molecule has 0 aromatic carbocycles. The first-order valence-electron chi connectivity index (χ1n) is 7.61. The Hall–Kier alpha value is -2.06. The zero-order valence-electron chi connectivity index (χ0n) is 14.1. The quantitative estimate of drug-likeness (QED) is 0.782. The van der Waals surface area contributed by atoms with Gasteiger partial charge in [0, 0.05) is 38.1 Å². The standard InChI is InChI=1S/C15H21F3N4O2/c1-10-9-21(13(23)24-14(2,3)4)5-6-22(10)12-19-7-11(8-20-12)15(16,17)18/h7-8,10H,5-6,9H2,1-4H3/t10-/m0/s1. The van der Waals surface area contributed by atoms with Gasteiger partial charge in [0.2, 0.25) is 5.95 Å². The lowest BCUT2D eigenvalue weighted by atomic mass is 10.2. The highest BCUT2D eigenvalue weighted by atomic mass is 19.4. The number of piperazine rings is 1. The minimum atomic E-state index is -4.46. The molecule has 0 spiro atoms. The van der Waals surface area contributed by atoms with Gasteiger partial charge in [-0.05, 0) is 27.7 Å². The molecule has 1 saturated heterocycles. The number of hydrogen-bond acceptors (Lipinski definition) is 5. The number of alkyl halides is 3. The minimum Gasteiger partial charge on any atom is -0.444 e. The first kappa shape index (κ1) is 18.3. The van der Waals surface area contributed by atoms with Crippen molar-refractivity contribution < 1.29 is 22.7 Å². The summed E-state index contributed by atoms with van der Waals surface area (Å²) in [6.07, 6.45) is -3.31. The Balaban J connectivity index is 2.02. The minimum absolute atomic E-state index is 0.136. The monoisotopic (exact) mass is 346 g/mol. The molecule has 1 fully saturated rings. The SMILES string of the molecule is C[C@H]1CN(C(=O)OC(C)(C)C)CCN1c1ncc(C(F)(F)F)cn1. The Morgan fingerprint density at radius 3 is 2.25 bits per heavy atom. The molecule has 0 saturated carbocycles. The van der Waals surface area contributed by atoms with E-state index in [0.29, 0.717) is 19.6 Å². The second-order valence-corrected chi connectivity index (χ2v) is 6.74. The number of amides is 1. The molecule has 1 aromatic heterocycles. The summed E-state index contributed by atoms with van der Waals surface area (Å²) in [6, 6.07) is -0.136. The average Bonchev–Trinajstić information content (AvgIpc) is 2.44. The van der Waals surface area contributed by atoms with E-state index >= 15 is 0 Å². The first-order valence-corrected chi connectivity index (χ1v) is 7.61. The van der Waals surface area contributed by atoms with E-state index in [4.69, 9.17) is 4.74 Å². The van der Waals surface area contributed by atoms with E-state index < -0.39 is 23.4 Å². The van der Waals surface area contributed by atoms with Crippen molar-refractivity contribution in [1.82, 2.24) is 14.9 Å². The Labute approximate surface area is 138 Å².